The van der Waals surface area contributed by atoms with Gasteiger partial charge in [-0.1, -0.05) is 84.9 Å². The molecule has 0 saturated carbocycles. The van der Waals surface area contributed by atoms with Crippen molar-refractivity contribution >= 4 is 27.7 Å². The number of hydrogen-bond acceptors (Lipinski definition) is 7. The molecule has 3 amide bonds. The van der Waals surface area contributed by atoms with Gasteiger partial charge in [0.1, 0.15) is 11.8 Å². The van der Waals surface area contributed by atoms with Crippen LogP contribution in [0, 0.1) is 11.3 Å². The Morgan fingerprint density at radius 2 is 1.44 bits per heavy atom. The number of nitrogens with one attached hydrogen (secondary N) is 3. The molecule has 0 bridgehead atoms. The highest BCUT2D eigenvalue weighted by molar-refractivity contribution is 7.90. The first-order valence-electron chi connectivity index (χ1n) is 15.3. The fourth-order valence-electron chi connectivity index (χ4n) is 5.24. The van der Waals surface area contributed by atoms with Crippen LogP contribution in [0.5, 0.6) is 5.75 Å². The SMILES string of the molecule is CNC(C(=O)NC(C(=O)N(C)C(C=C(C)C(=O)NS(=O)(=O)c1ccc(OC(F)(F)F)cc1)C(C)C)C(C)(C)C)C(C)(C)c1ccccc1. The average molecular weight is 697 g/mol. The highest BCUT2D eigenvalue weighted by atomic mass is 32.2. The van der Waals surface area contributed by atoms with E-state index in [9.17, 15) is 36.0 Å². The van der Waals surface area contributed by atoms with Crippen molar-refractivity contribution in [2.45, 2.75) is 90.2 Å². The van der Waals surface area contributed by atoms with Gasteiger partial charge in [0.15, 0.2) is 0 Å². The first kappa shape index (κ1) is 40.3. The Kier molecular flexibility index (Phi) is 13.0. The molecule has 48 heavy (non-hydrogen) atoms. The van der Waals surface area contributed by atoms with Crippen molar-refractivity contribution in [3.8, 4) is 5.75 Å². The number of ether oxygens (including phenoxy) is 1. The summed E-state index contributed by atoms with van der Waals surface area (Å²) >= 11 is 0. The van der Waals surface area contributed by atoms with Gasteiger partial charge in [-0.15, -0.1) is 13.2 Å². The second-order valence-electron chi connectivity index (χ2n) is 13.6. The first-order valence-corrected chi connectivity index (χ1v) is 16.8. The number of halogens is 3. The van der Waals surface area contributed by atoms with E-state index in [4.69, 9.17) is 0 Å². The van der Waals surface area contributed by atoms with Gasteiger partial charge in [0.2, 0.25) is 11.8 Å². The topological polar surface area (TPSA) is 134 Å². The Balaban J connectivity index is 2.30. The molecule has 3 unspecified atom stereocenters. The molecule has 0 aliphatic heterocycles. The lowest BCUT2D eigenvalue weighted by atomic mass is 9.76. The number of amides is 3. The van der Waals surface area contributed by atoms with Crippen molar-refractivity contribution in [3.05, 3.63) is 71.8 Å². The summed E-state index contributed by atoms with van der Waals surface area (Å²) in [6.07, 6.45) is -3.49. The summed E-state index contributed by atoms with van der Waals surface area (Å²) in [5, 5.41) is 6.05. The number of likely N-dealkylation sites (N-methyl/N-ethyl adjacent to an activating group) is 2. The zero-order valence-corrected chi connectivity index (χ0v) is 29.8. The van der Waals surface area contributed by atoms with Crippen molar-refractivity contribution in [2.24, 2.45) is 11.3 Å². The monoisotopic (exact) mass is 696 g/mol. The van der Waals surface area contributed by atoms with Crippen molar-refractivity contribution in [2.75, 3.05) is 14.1 Å². The van der Waals surface area contributed by atoms with Gasteiger partial charge in [0, 0.05) is 18.0 Å². The normalized spacial score (nSPS) is 14.9. The summed E-state index contributed by atoms with van der Waals surface area (Å²) < 4.78 is 68.7. The van der Waals surface area contributed by atoms with Crippen molar-refractivity contribution in [1.82, 2.24) is 20.3 Å². The van der Waals surface area contributed by atoms with Gasteiger partial charge >= 0.3 is 6.36 Å². The summed E-state index contributed by atoms with van der Waals surface area (Å²) in [5.41, 5.74) is -0.443. The molecule has 3 atom stereocenters. The zero-order valence-electron chi connectivity index (χ0n) is 29.0. The molecule has 0 heterocycles. The lowest BCUT2D eigenvalue weighted by molar-refractivity contribution is -0.274. The van der Waals surface area contributed by atoms with Crippen LogP contribution in [0.25, 0.3) is 0 Å². The summed E-state index contributed by atoms with van der Waals surface area (Å²) in [6, 6.07) is 10.6. The second kappa shape index (κ2) is 15.5. The number of nitrogens with zero attached hydrogens (tertiary/aromatic N) is 1. The van der Waals surface area contributed by atoms with Crippen LogP contribution in [0.15, 0.2) is 71.1 Å². The third kappa shape index (κ3) is 10.5. The summed E-state index contributed by atoms with van der Waals surface area (Å²) in [5.74, 6) is -2.64. The molecule has 2 aromatic carbocycles. The van der Waals surface area contributed by atoms with E-state index in [1.807, 2.05) is 83.5 Å². The molecule has 14 heteroatoms. The standard InChI is InChI=1S/C34H47F3N4O6S/c1-21(2)26(20-22(3)29(42)40-48(45,46)25-18-16-24(17-19-25)47-34(35,36)37)41(10)31(44)28(32(4,5)6)39-30(43)27(38-9)33(7,8)23-14-12-11-13-15-23/h11-21,26-28,38H,1-10H3,(H,39,43)(H,40,42). The van der Waals surface area contributed by atoms with Crippen LogP contribution in [-0.4, -0.2) is 69.6 Å². The van der Waals surface area contributed by atoms with E-state index in [-0.39, 0.29) is 17.4 Å². The van der Waals surface area contributed by atoms with Crippen LogP contribution in [0.1, 0.15) is 61.0 Å². The third-order valence-corrected chi connectivity index (χ3v) is 9.39. The van der Waals surface area contributed by atoms with Crippen molar-refractivity contribution in [1.29, 1.82) is 0 Å². The molecule has 0 radical (unpaired) electrons. The highest BCUT2D eigenvalue weighted by Crippen LogP contribution is 2.29. The Morgan fingerprint density at radius 3 is 1.90 bits per heavy atom. The van der Waals surface area contributed by atoms with Gasteiger partial charge in [-0.2, -0.15) is 0 Å². The fourth-order valence-corrected chi connectivity index (χ4v) is 6.26. The molecule has 3 N–H and O–H groups in total. The Labute approximate surface area is 281 Å². The van der Waals surface area contributed by atoms with E-state index in [0.29, 0.717) is 0 Å². The molecular weight excluding hydrogens is 649 g/mol. The number of carbonyl (C=O) groups is 3. The maximum absolute atomic E-state index is 14.1. The van der Waals surface area contributed by atoms with Crippen LogP contribution in [0.4, 0.5) is 13.2 Å². The molecule has 0 fully saturated rings. The van der Waals surface area contributed by atoms with Crippen molar-refractivity contribution < 1.29 is 40.7 Å². The number of rotatable bonds is 13. The van der Waals surface area contributed by atoms with Crippen LogP contribution < -0.4 is 20.1 Å². The van der Waals surface area contributed by atoms with Crippen LogP contribution >= 0.6 is 0 Å². The van der Waals surface area contributed by atoms with Crippen LogP contribution in [-0.2, 0) is 29.8 Å². The molecule has 2 rings (SSSR count). The Bertz CT molecular complexity index is 1570. The van der Waals surface area contributed by atoms with Gasteiger partial charge in [0.25, 0.3) is 15.9 Å². The number of hydrogen-bond donors (Lipinski definition) is 3. The number of sulfonamides is 1. The molecule has 2 aromatic rings. The molecular formula is C34H47F3N4O6S. The molecule has 0 aliphatic carbocycles. The van der Waals surface area contributed by atoms with Gasteiger partial charge < -0.3 is 20.3 Å². The van der Waals surface area contributed by atoms with Crippen LogP contribution in [0.2, 0.25) is 0 Å². The largest absolute Gasteiger partial charge is 0.573 e. The maximum Gasteiger partial charge on any atom is 0.573 e. The summed E-state index contributed by atoms with van der Waals surface area (Å²) in [4.78, 5) is 41.8. The molecule has 0 spiro atoms. The van der Waals surface area contributed by atoms with Gasteiger partial charge in [-0.25, -0.2) is 13.1 Å². The van der Waals surface area contributed by atoms with Gasteiger partial charge in [-0.05, 0) is 55.1 Å². The number of alkyl halides is 3. The fraction of sp³-hybridized carbons (Fsp3) is 0.500. The minimum atomic E-state index is -4.95. The summed E-state index contributed by atoms with van der Waals surface area (Å²) in [7, 11) is -1.23. The predicted molar refractivity (Wildman–Crippen MR) is 177 cm³/mol. The van der Waals surface area contributed by atoms with Gasteiger partial charge in [-0.3, -0.25) is 14.4 Å². The van der Waals surface area contributed by atoms with Crippen molar-refractivity contribution in [3.63, 3.8) is 0 Å². The minimum Gasteiger partial charge on any atom is -0.406 e. The molecule has 0 aromatic heterocycles. The van der Waals surface area contributed by atoms with E-state index in [2.05, 4.69) is 15.4 Å². The molecule has 266 valence electrons. The van der Waals surface area contributed by atoms with E-state index in [1.165, 1.54) is 17.9 Å². The molecule has 0 saturated heterocycles. The Morgan fingerprint density at radius 1 is 0.896 bits per heavy atom. The molecule has 0 aliphatic rings. The lowest BCUT2D eigenvalue weighted by Gasteiger charge is -2.40. The van der Waals surface area contributed by atoms with E-state index >= 15 is 0 Å². The quantitative estimate of drug-likeness (QED) is 0.254. The molecule has 10 nitrogen and oxygen atoms in total. The van der Waals surface area contributed by atoms with E-state index < -0.39 is 67.8 Å². The highest BCUT2D eigenvalue weighted by Gasteiger charge is 2.41. The van der Waals surface area contributed by atoms with E-state index in [0.717, 1.165) is 29.8 Å². The third-order valence-electron chi connectivity index (χ3n) is 8.04. The number of benzene rings is 2. The zero-order chi connectivity index (χ0) is 36.8. The lowest BCUT2D eigenvalue weighted by Crippen LogP contribution is -2.61. The van der Waals surface area contributed by atoms with Crippen LogP contribution in [0.3, 0.4) is 0 Å². The average Bonchev–Trinajstić information content (AvgIpc) is 2.97. The maximum atomic E-state index is 14.1. The summed E-state index contributed by atoms with van der Waals surface area (Å²) in [6.45, 7) is 14.4. The van der Waals surface area contributed by atoms with E-state index in [1.54, 1.807) is 14.1 Å². The van der Waals surface area contributed by atoms with Gasteiger partial charge in [0.05, 0.1) is 17.0 Å². The predicted octanol–water partition coefficient (Wildman–Crippen LogP) is 4.92. The smallest absolute Gasteiger partial charge is 0.406 e. The number of carbonyl (C=O) groups excluding carboxylic acids is 3. The first-order chi connectivity index (χ1) is 21.9. The second-order valence-corrected chi connectivity index (χ2v) is 15.3. The Hall–Kier alpha value is -3.91. The minimum absolute atomic E-state index is 0.0230.